The minimum Gasteiger partial charge on any atom is -0.506 e. The van der Waals surface area contributed by atoms with Gasteiger partial charge in [-0.3, -0.25) is 0 Å². The standard InChI is InChI=1S/C14H15NO/c1-9-4-3-5-12(10(9)2)11-6-7-13(15)14(16)8-11/h3-8,16H,15H2,1-2H3. The van der Waals surface area contributed by atoms with E-state index >= 15 is 0 Å². The molecular formula is C14H15NO. The van der Waals surface area contributed by atoms with E-state index in [1.165, 1.54) is 11.1 Å². The van der Waals surface area contributed by atoms with Crippen LogP contribution in [-0.2, 0) is 0 Å². The van der Waals surface area contributed by atoms with E-state index in [1.54, 1.807) is 12.1 Å². The SMILES string of the molecule is Cc1cccc(-c2ccc(N)c(O)c2)c1C. The van der Waals surface area contributed by atoms with Crippen LogP contribution in [0.1, 0.15) is 11.1 Å². The van der Waals surface area contributed by atoms with Gasteiger partial charge >= 0.3 is 0 Å². The van der Waals surface area contributed by atoms with Gasteiger partial charge in [-0.25, -0.2) is 0 Å². The molecule has 2 nitrogen and oxygen atoms in total. The van der Waals surface area contributed by atoms with Gasteiger partial charge in [-0.1, -0.05) is 24.3 Å². The molecule has 0 heterocycles. The average Bonchev–Trinajstić information content (AvgIpc) is 2.26. The molecule has 0 aliphatic carbocycles. The van der Waals surface area contributed by atoms with Crippen molar-refractivity contribution in [2.75, 3.05) is 5.73 Å². The summed E-state index contributed by atoms with van der Waals surface area (Å²) in [6.07, 6.45) is 0. The first kappa shape index (κ1) is 10.6. The molecule has 82 valence electrons. The first-order valence-electron chi connectivity index (χ1n) is 5.24. The largest absolute Gasteiger partial charge is 0.506 e. The Kier molecular flexibility index (Phi) is 2.57. The second-order valence-corrected chi connectivity index (χ2v) is 4.02. The number of phenols is 1. The van der Waals surface area contributed by atoms with Crippen LogP contribution < -0.4 is 5.73 Å². The van der Waals surface area contributed by atoms with Gasteiger partial charge in [0.1, 0.15) is 5.75 Å². The minimum absolute atomic E-state index is 0.137. The number of nitrogen functional groups attached to an aromatic ring is 1. The maximum Gasteiger partial charge on any atom is 0.139 e. The van der Waals surface area contributed by atoms with Crippen LogP contribution in [0.3, 0.4) is 0 Å². The summed E-state index contributed by atoms with van der Waals surface area (Å²) < 4.78 is 0. The van der Waals surface area contributed by atoms with Crippen LogP contribution in [0.4, 0.5) is 5.69 Å². The minimum atomic E-state index is 0.137. The fourth-order valence-electron chi connectivity index (χ4n) is 1.78. The van der Waals surface area contributed by atoms with Crippen molar-refractivity contribution in [3.05, 3.63) is 47.5 Å². The molecule has 0 aromatic heterocycles. The molecule has 2 heteroatoms. The quantitative estimate of drug-likeness (QED) is 0.564. The lowest BCUT2D eigenvalue weighted by atomic mass is 9.97. The van der Waals surface area contributed by atoms with Gasteiger partial charge in [-0.05, 0) is 48.2 Å². The lowest BCUT2D eigenvalue weighted by molar-refractivity contribution is 0.478. The molecule has 16 heavy (non-hydrogen) atoms. The first-order valence-corrected chi connectivity index (χ1v) is 5.24. The predicted molar refractivity (Wildman–Crippen MR) is 67.4 cm³/mol. The smallest absolute Gasteiger partial charge is 0.139 e. The molecule has 0 amide bonds. The number of phenolic OH excluding ortho intramolecular Hbond substituents is 1. The highest BCUT2D eigenvalue weighted by atomic mass is 16.3. The lowest BCUT2D eigenvalue weighted by Gasteiger charge is -2.09. The summed E-state index contributed by atoms with van der Waals surface area (Å²) in [5.41, 5.74) is 10.6. The van der Waals surface area contributed by atoms with Gasteiger partial charge in [-0.2, -0.15) is 0 Å². The monoisotopic (exact) mass is 213 g/mol. The third-order valence-corrected chi connectivity index (χ3v) is 2.95. The normalized spacial score (nSPS) is 10.4. The summed E-state index contributed by atoms with van der Waals surface area (Å²) in [5, 5.41) is 9.60. The molecule has 0 saturated heterocycles. The maximum absolute atomic E-state index is 9.60. The molecule has 0 fully saturated rings. The zero-order valence-corrected chi connectivity index (χ0v) is 9.49. The lowest BCUT2D eigenvalue weighted by Crippen LogP contribution is -1.89. The van der Waals surface area contributed by atoms with Crippen molar-refractivity contribution >= 4 is 5.69 Å². The van der Waals surface area contributed by atoms with Gasteiger partial charge < -0.3 is 10.8 Å². The van der Waals surface area contributed by atoms with E-state index in [2.05, 4.69) is 19.9 Å². The molecule has 2 aromatic carbocycles. The number of hydrogen-bond acceptors (Lipinski definition) is 2. The van der Waals surface area contributed by atoms with E-state index in [-0.39, 0.29) is 5.75 Å². The van der Waals surface area contributed by atoms with E-state index in [9.17, 15) is 5.11 Å². The summed E-state index contributed by atoms with van der Waals surface area (Å²) in [6, 6.07) is 11.5. The van der Waals surface area contributed by atoms with E-state index in [4.69, 9.17) is 5.73 Å². The second kappa shape index (κ2) is 3.89. The Morgan fingerprint density at radius 3 is 2.50 bits per heavy atom. The number of hydrogen-bond donors (Lipinski definition) is 2. The summed E-state index contributed by atoms with van der Waals surface area (Å²) in [7, 11) is 0. The number of benzene rings is 2. The van der Waals surface area contributed by atoms with Crippen LogP contribution in [0, 0.1) is 13.8 Å². The van der Waals surface area contributed by atoms with Crippen LogP contribution >= 0.6 is 0 Å². The van der Waals surface area contributed by atoms with Crippen LogP contribution in [0.25, 0.3) is 11.1 Å². The fourth-order valence-corrected chi connectivity index (χ4v) is 1.78. The van der Waals surface area contributed by atoms with Crippen LogP contribution in [0.5, 0.6) is 5.75 Å². The number of anilines is 1. The van der Waals surface area contributed by atoms with Crippen molar-refractivity contribution in [3.63, 3.8) is 0 Å². The van der Waals surface area contributed by atoms with Gasteiger partial charge in [0.05, 0.1) is 5.69 Å². The number of nitrogens with two attached hydrogens (primary N) is 1. The van der Waals surface area contributed by atoms with Crippen molar-refractivity contribution in [3.8, 4) is 16.9 Å². The molecule has 0 saturated carbocycles. The van der Waals surface area contributed by atoms with Gasteiger partial charge in [0.25, 0.3) is 0 Å². The van der Waals surface area contributed by atoms with Crippen molar-refractivity contribution in [2.24, 2.45) is 0 Å². The summed E-state index contributed by atoms with van der Waals surface area (Å²) in [6.45, 7) is 4.16. The Morgan fingerprint density at radius 2 is 1.81 bits per heavy atom. The first-order chi connectivity index (χ1) is 7.59. The van der Waals surface area contributed by atoms with E-state index in [0.717, 1.165) is 11.1 Å². The zero-order valence-electron chi connectivity index (χ0n) is 9.49. The van der Waals surface area contributed by atoms with Crippen molar-refractivity contribution in [2.45, 2.75) is 13.8 Å². The molecule has 0 aliphatic rings. The predicted octanol–water partition coefficient (Wildman–Crippen LogP) is 3.26. The Labute approximate surface area is 95.4 Å². The molecule has 0 unspecified atom stereocenters. The summed E-state index contributed by atoms with van der Waals surface area (Å²) in [5.74, 6) is 0.137. The highest BCUT2D eigenvalue weighted by Gasteiger charge is 2.05. The molecule has 0 bridgehead atoms. The van der Waals surface area contributed by atoms with Crippen molar-refractivity contribution in [1.29, 1.82) is 0 Å². The highest BCUT2D eigenvalue weighted by molar-refractivity contribution is 5.72. The average molecular weight is 213 g/mol. The molecule has 0 radical (unpaired) electrons. The van der Waals surface area contributed by atoms with Crippen LogP contribution in [0.2, 0.25) is 0 Å². The number of aromatic hydroxyl groups is 1. The molecule has 0 spiro atoms. The molecule has 3 N–H and O–H groups in total. The Balaban J connectivity index is 2.59. The van der Waals surface area contributed by atoms with Crippen molar-refractivity contribution in [1.82, 2.24) is 0 Å². The molecule has 0 aliphatic heterocycles. The van der Waals surface area contributed by atoms with Gasteiger partial charge in [0.2, 0.25) is 0 Å². The fraction of sp³-hybridized carbons (Fsp3) is 0.143. The number of aryl methyl sites for hydroxylation is 1. The summed E-state index contributed by atoms with van der Waals surface area (Å²) >= 11 is 0. The zero-order chi connectivity index (χ0) is 11.7. The molecular weight excluding hydrogens is 198 g/mol. The van der Waals surface area contributed by atoms with Crippen LogP contribution in [-0.4, -0.2) is 5.11 Å². The van der Waals surface area contributed by atoms with Crippen LogP contribution in [0.15, 0.2) is 36.4 Å². The second-order valence-electron chi connectivity index (χ2n) is 4.02. The molecule has 2 aromatic rings. The molecule has 2 rings (SSSR count). The van der Waals surface area contributed by atoms with E-state index in [1.807, 2.05) is 18.2 Å². The van der Waals surface area contributed by atoms with E-state index in [0.29, 0.717) is 5.69 Å². The van der Waals surface area contributed by atoms with Gasteiger partial charge in [-0.15, -0.1) is 0 Å². The highest BCUT2D eigenvalue weighted by Crippen LogP contribution is 2.30. The third-order valence-electron chi connectivity index (χ3n) is 2.95. The topological polar surface area (TPSA) is 46.2 Å². The number of rotatable bonds is 1. The Bertz CT molecular complexity index is 532. The summed E-state index contributed by atoms with van der Waals surface area (Å²) in [4.78, 5) is 0. The molecule has 0 atom stereocenters. The van der Waals surface area contributed by atoms with Gasteiger partial charge in [0, 0.05) is 0 Å². The van der Waals surface area contributed by atoms with Crippen molar-refractivity contribution < 1.29 is 5.11 Å². The third kappa shape index (κ3) is 1.74. The van der Waals surface area contributed by atoms with Gasteiger partial charge in [0.15, 0.2) is 0 Å². The van der Waals surface area contributed by atoms with E-state index < -0.39 is 0 Å². The Hall–Kier alpha value is -1.96. The Morgan fingerprint density at radius 1 is 1.06 bits per heavy atom. The maximum atomic E-state index is 9.60.